The lowest BCUT2D eigenvalue weighted by molar-refractivity contribution is 0.0781. The molecule has 0 amide bonds. The van der Waals surface area contributed by atoms with E-state index in [1.165, 1.54) is 22.8 Å². The summed E-state index contributed by atoms with van der Waals surface area (Å²) in [4.78, 5) is 6.25. The zero-order valence-corrected chi connectivity index (χ0v) is 15.5. The lowest BCUT2D eigenvalue weighted by Crippen LogP contribution is -2.25. The highest BCUT2D eigenvalue weighted by Crippen LogP contribution is 2.38. The lowest BCUT2D eigenvalue weighted by Gasteiger charge is -2.27. The Balaban J connectivity index is 1.78. The SMILES string of the molecule is CC(C)(O)c1cc(F)cc([C@H]2C[C@H](F)CN2c2ccn3ncc(C#N)c3n2)c1. The molecule has 144 valence electrons. The molecule has 28 heavy (non-hydrogen) atoms. The van der Waals surface area contributed by atoms with Gasteiger partial charge in [0, 0.05) is 12.6 Å². The molecule has 8 heteroatoms. The van der Waals surface area contributed by atoms with Crippen LogP contribution in [0.25, 0.3) is 5.65 Å². The number of nitrogens with zero attached hydrogens (tertiary/aromatic N) is 5. The molecule has 6 nitrogen and oxygen atoms in total. The van der Waals surface area contributed by atoms with Crippen LogP contribution in [0.5, 0.6) is 0 Å². The van der Waals surface area contributed by atoms with Crippen molar-refractivity contribution in [2.45, 2.75) is 38.1 Å². The van der Waals surface area contributed by atoms with Crippen LogP contribution in [0.3, 0.4) is 0 Å². The third-order valence-electron chi connectivity index (χ3n) is 5.03. The molecule has 1 aliphatic rings. The molecule has 1 aromatic carbocycles. The molecule has 1 fully saturated rings. The molecule has 2 aromatic heterocycles. The van der Waals surface area contributed by atoms with Gasteiger partial charge in [-0.15, -0.1) is 0 Å². The number of fused-ring (bicyclic) bond motifs is 1. The van der Waals surface area contributed by atoms with Crippen LogP contribution in [0.1, 0.15) is 43.0 Å². The van der Waals surface area contributed by atoms with Crippen molar-refractivity contribution in [3.8, 4) is 6.07 Å². The fourth-order valence-corrected chi connectivity index (χ4v) is 3.61. The number of hydrogen-bond donors (Lipinski definition) is 1. The molecule has 3 heterocycles. The molecule has 0 bridgehead atoms. The summed E-state index contributed by atoms with van der Waals surface area (Å²) in [6.45, 7) is 3.27. The maximum absolute atomic E-state index is 14.3. The third-order valence-corrected chi connectivity index (χ3v) is 5.03. The first kappa shape index (κ1) is 18.3. The number of halogens is 2. The van der Waals surface area contributed by atoms with Crippen molar-refractivity contribution in [2.75, 3.05) is 11.4 Å². The van der Waals surface area contributed by atoms with E-state index in [4.69, 9.17) is 0 Å². The molecule has 4 rings (SSSR count). The summed E-state index contributed by atoms with van der Waals surface area (Å²) in [5, 5.41) is 23.5. The van der Waals surface area contributed by atoms with E-state index in [1.54, 1.807) is 37.1 Å². The molecule has 2 atom stereocenters. The highest BCUT2D eigenvalue weighted by atomic mass is 19.1. The van der Waals surface area contributed by atoms with Gasteiger partial charge in [-0.3, -0.25) is 0 Å². The molecule has 0 saturated carbocycles. The number of anilines is 1. The van der Waals surface area contributed by atoms with E-state index in [9.17, 15) is 19.1 Å². The zero-order valence-electron chi connectivity index (χ0n) is 15.5. The minimum Gasteiger partial charge on any atom is -0.386 e. The van der Waals surface area contributed by atoms with Crippen LogP contribution in [-0.4, -0.2) is 32.4 Å². The molecule has 0 spiro atoms. The standard InChI is InChI=1S/C20H19F2N5O/c1-20(2,28)14-5-12(6-15(21)7-14)17-8-16(22)11-26(17)18-3-4-27-19(25-18)13(9-23)10-24-27/h3-7,10,16-17,28H,8,11H2,1-2H3/t16-,17+/m0/s1. The minimum absolute atomic E-state index is 0.109. The monoisotopic (exact) mass is 383 g/mol. The highest BCUT2D eigenvalue weighted by molar-refractivity contribution is 5.58. The quantitative estimate of drug-likeness (QED) is 0.751. The van der Waals surface area contributed by atoms with Crippen molar-refractivity contribution in [3.05, 3.63) is 59.2 Å². The van der Waals surface area contributed by atoms with E-state index in [-0.39, 0.29) is 13.0 Å². The van der Waals surface area contributed by atoms with Crippen molar-refractivity contribution < 1.29 is 13.9 Å². The van der Waals surface area contributed by atoms with Crippen molar-refractivity contribution in [3.63, 3.8) is 0 Å². The Labute approximate surface area is 160 Å². The predicted molar refractivity (Wildman–Crippen MR) is 98.9 cm³/mol. The maximum Gasteiger partial charge on any atom is 0.175 e. The fraction of sp³-hybridized carbons (Fsp3) is 0.350. The predicted octanol–water partition coefficient (Wildman–Crippen LogP) is 3.26. The average Bonchev–Trinajstić information content (AvgIpc) is 3.23. The summed E-state index contributed by atoms with van der Waals surface area (Å²) in [6, 6.07) is 7.65. The maximum atomic E-state index is 14.3. The molecule has 3 aromatic rings. The summed E-state index contributed by atoms with van der Waals surface area (Å²) in [5.41, 5.74) is 0.497. The van der Waals surface area contributed by atoms with Crippen LogP contribution < -0.4 is 4.90 Å². The Hall–Kier alpha value is -3.05. The summed E-state index contributed by atoms with van der Waals surface area (Å²) < 4.78 is 30.0. The summed E-state index contributed by atoms with van der Waals surface area (Å²) >= 11 is 0. The first-order valence-electron chi connectivity index (χ1n) is 8.95. The van der Waals surface area contributed by atoms with Gasteiger partial charge in [0.15, 0.2) is 5.65 Å². The largest absolute Gasteiger partial charge is 0.386 e. The Morgan fingerprint density at radius 2 is 2.11 bits per heavy atom. The van der Waals surface area contributed by atoms with Gasteiger partial charge < -0.3 is 10.0 Å². The average molecular weight is 383 g/mol. The second-order valence-electron chi connectivity index (χ2n) is 7.56. The van der Waals surface area contributed by atoms with Gasteiger partial charge in [-0.1, -0.05) is 6.07 Å². The number of aromatic nitrogens is 3. The van der Waals surface area contributed by atoms with Crippen molar-refractivity contribution in [2.24, 2.45) is 0 Å². The van der Waals surface area contributed by atoms with Crippen LogP contribution in [0, 0.1) is 17.1 Å². The highest BCUT2D eigenvalue weighted by Gasteiger charge is 2.35. The first-order valence-corrected chi connectivity index (χ1v) is 8.95. The van der Waals surface area contributed by atoms with Gasteiger partial charge in [0.2, 0.25) is 0 Å². The van der Waals surface area contributed by atoms with Crippen LogP contribution in [-0.2, 0) is 5.60 Å². The number of rotatable bonds is 3. The summed E-state index contributed by atoms with van der Waals surface area (Å²) in [6.07, 6.45) is 2.17. The van der Waals surface area contributed by atoms with E-state index in [2.05, 4.69) is 10.1 Å². The Morgan fingerprint density at radius 3 is 2.82 bits per heavy atom. The molecule has 0 unspecified atom stereocenters. The normalized spacial score (nSPS) is 19.9. The van der Waals surface area contributed by atoms with E-state index in [0.29, 0.717) is 28.2 Å². The topological polar surface area (TPSA) is 77.5 Å². The van der Waals surface area contributed by atoms with Gasteiger partial charge in [0.1, 0.15) is 29.4 Å². The lowest BCUT2D eigenvalue weighted by atomic mass is 9.93. The van der Waals surface area contributed by atoms with Crippen LogP contribution >= 0.6 is 0 Å². The zero-order chi connectivity index (χ0) is 20.1. The van der Waals surface area contributed by atoms with Gasteiger partial charge in [0.05, 0.1) is 24.4 Å². The molecular formula is C20H19F2N5O. The van der Waals surface area contributed by atoms with Crippen molar-refractivity contribution in [1.82, 2.24) is 14.6 Å². The number of benzene rings is 1. The fourth-order valence-electron chi connectivity index (χ4n) is 3.61. The number of nitriles is 1. The van der Waals surface area contributed by atoms with Gasteiger partial charge in [-0.2, -0.15) is 10.4 Å². The van der Waals surface area contributed by atoms with Crippen molar-refractivity contribution in [1.29, 1.82) is 5.26 Å². The van der Waals surface area contributed by atoms with Crippen molar-refractivity contribution >= 4 is 11.5 Å². The van der Waals surface area contributed by atoms with Gasteiger partial charge >= 0.3 is 0 Å². The van der Waals surface area contributed by atoms with E-state index in [1.807, 2.05) is 6.07 Å². The first-order chi connectivity index (χ1) is 13.3. The Morgan fingerprint density at radius 1 is 1.32 bits per heavy atom. The second kappa shape index (κ2) is 6.53. The van der Waals surface area contributed by atoms with E-state index >= 15 is 0 Å². The Bertz CT molecular complexity index is 1080. The van der Waals surface area contributed by atoms with Crippen LogP contribution in [0.2, 0.25) is 0 Å². The molecular weight excluding hydrogens is 364 g/mol. The van der Waals surface area contributed by atoms with E-state index < -0.39 is 23.6 Å². The molecule has 1 saturated heterocycles. The summed E-state index contributed by atoms with van der Waals surface area (Å²) in [5.74, 6) is 0.00608. The number of alkyl halides is 1. The number of hydrogen-bond acceptors (Lipinski definition) is 5. The Kier molecular flexibility index (Phi) is 4.27. The molecule has 1 N–H and O–H groups in total. The second-order valence-corrected chi connectivity index (χ2v) is 7.56. The van der Waals surface area contributed by atoms with Crippen LogP contribution in [0.15, 0.2) is 36.7 Å². The van der Waals surface area contributed by atoms with Gasteiger partial charge in [-0.25, -0.2) is 18.3 Å². The molecule has 0 aliphatic carbocycles. The van der Waals surface area contributed by atoms with Gasteiger partial charge in [-0.05, 0) is 43.2 Å². The van der Waals surface area contributed by atoms with Crippen LogP contribution in [0.4, 0.5) is 14.6 Å². The smallest absolute Gasteiger partial charge is 0.175 e. The molecule has 0 radical (unpaired) electrons. The van der Waals surface area contributed by atoms with Gasteiger partial charge in [0.25, 0.3) is 0 Å². The minimum atomic E-state index is -1.22. The van der Waals surface area contributed by atoms with E-state index in [0.717, 1.165) is 0 Å². The summed E-state index contributed by atoms with van der Waals surface area (Å²) in [7, 11) is 0. The third kappa shape index (κ3) is 3.18. The number of aliphatic hydroxyl groups is 1. The molecule has 1 aliphatic heterocycles.